The third kappa shape index (κ3) is 2.99. The monoisotopic (exact) mass is 144 g/mol. The van der Waals surface area contributed by atoms with Crippen molar-refractivity contribution in [2.24, 2.45) is 0 Å². The lowest BCUT2D eigenvalue weighted by atomic mass is 10.0. The normalized spacial score (nSPS) is 16.4. The van der Waals surface area contributed by atoms with Gasteiger partial charge >= 0.3 is 0 Å². The molecule has 1 atom stereocenters. The lowest BCUT2D eigenvalue weighted by Gasteiger charge is -2.22. The molecule has 0 saturated carbocycles. The lowest BCUT2D eigenvalue weighted by molar-refractivity contribution is -0.00434. The summed E-state index contributed by atoms with van der Waals surface area (Å²) >= 11 is 0. The lowest BCUT2D eigenvalue weighted by Crippen LogP contribution is -2.31. The summed E-state index contributed by atoms with van der Waals surface area (Å²) in [6.07, 6.45) is 0. The molecule has 1 N–H and O–H groups in total. The summed E-state index contributed by atoms with van der Waals surface area (Å²) in [5.74, 6) is 0. The highest BCUT2D eigenvalue weighted by Gasteiger charge is 2.20. The number of hydrogen-bond donors (Lipinski definition) is 1. The molecule has 0 aromatic carbocycles. The zero-order valence-corrected chi connectivity index (χ0v) is 6.98. The van der Waals surface area contributed by atoms with Gasteiger partial charge in [-0.1, -0.05) is 6.58 Å². The molecule has 0 aliphatic rings. The molecule has 0 amide bonds. The largest absolute Gasteiger partial charge is 0.383 e. The third-order valence-corrected chi connectivity index (χ3v) is 1.51. The van der Waals surface area contributed by atoms with Gasteiger partial charge in [0.2, 0.25) is 0 Å². The van der Waals surface area contributed by atoms with E-state index in [0.717, 1.165) is 5.57 Å². The fraction of sp³-hybridized carbons (Fsp3) is 0.750. The highest BCUT2D eigenvalue weighted by Crippen LogP contribution is 2.13. The Hall–Kier alpha value is -0.340. The summed E-state index contributed by atoms with van der Waals surface area (Å²) in [6.45, 7) is 10.00. The fourth-order valence-electron chi connectivity index (χ4n) is 0.424. The minimum Gasteiger partial charge on any atom is -0.383 e. The van der Waals surface area contributed by atoms with Crippen LogP contribution in [-0.4, -0.2) is 23.9 Å². The van der Waals surface area contributed by atoms with E-state index in [-0.39, 0.29) is 0 Å². The predicted octanol–water partition coefficient (Wildman–Crippen LogP) is 1.35. The first-order chi connectivity index (χ1) is 4.50. The standard InChI is InChI=1S/C8H16O2/c1-5-10-6-8(4,9)7(2)3/h9H,2,5-6H2,1,3-4H3. The second-order valence-corrected chi connectivity index (χ2v) is 2.69. The molecule has 0 aromatic rings. The van der Waals surface area contributed by atoms with Gasteiger partial charge in [0.15, 0.2) is 0 Å². The summed E-state index contributed by atoms with van der Waals surface area (Å²) in [6, 6.07) is 0. The summed E-state index contributed by atoms with van der Waals surface area (Å²) in [5, 5.41) is 9.50. The summed E-state index contributed by atoms with van der Waals surface area (Å²) < 4.78 is 5.05. The highest BCUT2D eigenvalue weighted by atomic mass is 16.5. The van der Waals surface area contributed by atoms with Crippen molar-refractivity contribution in [1.29, 1.82) is 0 Å². The van der Waals surface area contributed by atoms with E-state index >= 15 is 0 Å². The molecule has 60 valence electrons. The molecule has 0 radical (unpaired) electrons. The molecule has 0 bridgehead atoms. The SMILES string of the molecule is C=C(C)C(C)(O)COCC. The van der Waals surface area contributed by atoms with Crippen LogP contribution in [0, 0.1) is 0 Å². The van der Waals surface area contributed by atoms with Crippen LogP contribution >= 0.6 is 0 Å². The molecular formula is C8H16O2. The molecule has 0 rings (SSSR count). The van der Waals surface area contributed by atoms with Gasteiger partial charge in [-0.05, 0) is 26.3 Å². The van der Waals surface area contributed by atoms with Crippen molar-refractivity contribution < 1.29 is 9.84 Å². The molecule has 0 heterocycles. The average Bonchev–Trinajstić information content (AvgIpc) is 1.84. The van der Waals surface area contributed by atoms with Gasteiger partial charge in [-0.2, -0.15) is 0 Å². The Bertz CT molecular complexity index is 116. The first-order valence-corrected chi connectivity index (χ1v) is 3.47. The Morgan fingerprint density at radius 1 is 1.70 bits per heavy atom. The number of aliphatic hydroxyl groups is 1. The van der Waals surface area contributed by atoms with Crippen molar-refractivity contribution in [1.82, 2.24) is 0 Å². The Kier molecular flexibility index (Phi) is 3.61. The third-order valence-electron chi connectivity index (χ3n) is 1.51. The molecule has 2 nitrogen and oxygen atoms in total. The second kappa shape index (κ2) is 3.74. The van der Waals surface area contributed by atoms with Gasteiger partial charge in [0.05, 0.1) is 6.61 Å². The van der Waals surface area contributed by atoms with Crippen LogP contribution in [0.2, 0.25) is 0 Å². The molecule has 0 spiro atoms. The molecule has 0 fully saturated rings. The van der Waals surface area contributed by atoms with Crippen LogP contribution in [0.15, 0.2) is 12.2 Å². The highest BCUT2D eigenvalue weighted by molar-refractivity contribution is 5.06. The maximum absolute atomic E-state index is 9.50. The summed E-state index contributed by atoms with van der Waals surface area (Å²) in [7, 11) is 0. The van der Waals surface area contributed by atoms with E-state index in [1.807, 2.05) is 6.92 Å². The van der Waals surface area contributed by atoms with Crippen LogP contribution in [0.4, 0.5) is 0 Å². The van der Waals surface area contributed by atoms with E-state index < -0.39 is 5.60 Å². The van der Waals surface area contributed by atoms with Crippen LogP contribution in [0.1, 0.15) is 20.8 Å². The van der Waals surface area contributed by atoms with E-state index in [0.29, 0.717) is 13.2 Å². The molecule has 0 saturated heterocycles. The molecule has 2 heteroatoms. The van der Waals surface area contributed by atoms with Crippen molar-refractivity contribution in [3.8, 4) is 0 Å². The first-order valence-electron chi connectivity index (χ1n) is 3.47. The van der Waals surface area contributed by atoms with E-state index in [4.69, 9.17) is 4.74 Å². The van der Waals surface area contributed by atoms with Gasteiger partial charge in [-0.3, -0.25) is 0 Å². The van der Waals surface area contributed by atoms with Crippen LogP contribution in [0.3, 0.4) is 0 Å². The van der Waals surface area contributed by atoms with Gasteiger partial charge in [-0.15, -0.1) is 0 Å². The van der Waals surface area contributed by atoms with Gasteiger partial charge in [0, 0.05) is 6.61 Å². The quantitative estimate of drug-likeness (QED) is 0.603. The second-order valence-electron chi connectivity index (χ2n) is 2.69. The Morgan fingerprint density at radius 2 is 2.20 bits per heavy atom. The maximum atomic E-state index is 9.50. The molecule has 0 aliphatic heterocycles. The minimum absolute atomic E-state index is 0.332. The number of rotatable bonds is 4. The summed E-state index contributed by atoms with van der Waals surface area (Å²) in [4.78, 5) is 0. The van der Waals surface area contributed by atoms with Gasteiger partial charge in [-0.25, -0.2) is 0 Å². The van der Waals surface area contributed by atoms with Gasteiger partial charge in [0.25, 0.3) is 0 Å². The maximum Gasteiger partial charge on any atom is 0.106 e. The van der Waals surface area contributed by atoms with Crippen LogP contribution in [0.5, 0.6) is 0 Å². The van der Waals surface area contributed by atoms with Crippen molar-refractivity contribution in [3.63, 3.8) is 0 Å². The average molecular weight is 144 g/mol. The first kappa shape index (κ1) is 9.66. The van der Waals surface area contributed by atoms with Crippen LogP contribution in [-0.2, 0) is 4.74 Å². The van der Waals surface area contributed by atoms with Crippen molar-refractivity contribution in [2.75, 3.05) is 13.2 Å². The predicted molar refractivity (Wildman–Crippen MR) is 41.9 cm³/mol. The Balaban J connectivity index is 3.75. The molecule has 0 aliphatic carbocycles. The topological polar surface area (TPSA) is 29.5 Å². The Labute approximate surface area is 62.5 Å². The van der Waals surface area contributed by atoms with Crippen LogP contribution < -0.4 is 0 Å². The van der Waals surface area contributed by atoms with E-state index in [2.05, 4.69) is 6.58 Å². The van der Waals surface area contributed by atoms with E-state index in [1.54, 1.807) is 13.8 Å². The van der Waals surface area contributed by atoms with E-state index in [9.17, 15) is 5.11 Å². The summed E-state index contributed by atoms with van der Waals surface area (Å²) in [5.41, 5.74) is -0.128. The van der Waals surface area contributed by atoms with Crippen molar-refractivity contribution in [2.45, 2.75) is 26.4 Å². The van der Waals surface area contributed by atoms with Gasteiger partial charge < -0.3 is 9.84 Å². The van der Waals surface area contributed by atoms with E-state index in [1.165, 1.54) is 0 Å². The molecular weight excluding hydrogens is 128 g/mol. The fourth-order valence-corrected chi connectivity index (χ4v) is 0.424. The van der Waals surface area contributed by atoms with Crippen LogP contribution in [0.25, 0.3) is 0 Å². The minimum atomic E-state index is -0.865. The van der Waals surface area contributed by atoms with Crippen molar-refractivity contribution in [3.05, 3.63) is 12.2 Å². The molecule has 1 unspecified atom stereocenters. The smallest absolute Gasteiger partial charge is 0.106 e. The molecule has 10 heavy (non-hydrogen) atoms. The Morgan fingerprint density at radius 3 is 2.50 bits per heavy atom. The van der Waals surface area contributed by atoms with Crippen molar-refractivity contribution >= 4 is 0 Å². The number of ether oxygens (including phenoxy) is 1. The number of hydrogen-bond acceptors (Lipinski definition) is 2. The molecule has 0 aromatic heterocycles. The zero-order valence-electron chi connectivity index (χ0n) is 6.98. The zero-order chi connectivity index (χ0) is 8.20. The van der Waals surface area contributed by atoms with Gasteiger partial charge in [0.1, 0.15) is 5.60 Å².